The van der Waals surface area contributed by atoms with E-state index in [-0.39, 0.29) is 12.5 Å². The number of nitrogens with one attached hydrogen (secondary N) is 2. The van der Waals surface area contributed by atoms with Crippen LogP contribution >= 0.6 is 11.6 Å². The molecule has 0 saturated heterocycles. The number of hydrogen-bond acceptors (Lipinski definition) is 2. The summed E-state index contributed by atoms with van der Waals surface area (Å²) >= 11 is 5.93. The third-order valence-electron chi connectivity index (χ3n) is 3.29. The molecular weight excluding hydrogens is 284 g/mol. The van der Waals surface area contributed by atoms with Gasteiger partial charge in [0.1, 0.15) is 0 Å². The van der Waals surface area contributed by atoms with Gasteiger partial charge in [0, 0.05) is 16.4 Å². The van der Waals surface area contributed by atoms with Crippen LogP contribution in [-0.4, -0.2) is 12.5 Å². The van der Waals surface area contributed by atoms with Crippen molar-refractivity contribution in [1.29, 1.82) is 0 Å². The molecular formula is C17H19ClN2O. The van der Waals surface area contributed by atoms with E-state index in [9.17, 15) is 4.79 Å². The maximum Gasteiger partial charge on any atom is 0.243 e. The molecule has 0 saturated carbocycles. The summed E-state index contributed by atoms with van der Waals surface area (Å²) in [5.74, 6) is -0.0973. The number of halogens is 1. The Morgan fingerprint density at radius 2 is 1.86 bits per heavy atom. The van der Waals surface area contributed by atoms with Crippen LogP contribution < -0.4 is 10.6 Å². The van der Waals surface area contributed by atoms with E-state index >= 15 is 0 Å². The van der Waals surface area contributed by atoms with Gasteiger partial charge in [-0.3, -0.25) is 4.79 Å². The van der Waals surface area contributed by atoms with E-state index in [1.807, 2.05) is 25.1 Å². The van der Waals surface area contributed by atoms with E-state index < -0.39 is 0 Å². The Labute approximate surface area is 130 Å². The first-order valence-electron chi connectivity index (χ1n) is 6.97. The Hall–Kier alpha value is -2.00. The highest BCUT2D eigenvalue weighted by molar-refractivity contribution is 6.31. The summed E-state index contributed by atoms with van der Waals surface area (Å²) in [5, 5.41) is 6.57. The molecule has 0 aliphatic carbocycles. The second kappa shape index (κ2) is 7.14. The maximum atomic E-state index is 12.0. The van der Waals surface area contributed by atoms with Crippen molar-refractivity contribution < 1.29 is 4.79 Å². The predicted octanol–water partition coefficient (Wildman–Crippen LogP) is 4.26. The number of carbonyl (C=O) groups excluding carboxylic acids is 1. The minimum Gasteiger partial charge on any atom is -0.376 e. The van der Waals surface area contributed by atoms with Crippen LogP contribution in [0.15, 0.2) is 42.5 Å². The summed E-state index contributed by atoms with van der Waals surface area (Å²) in [6.45, 7) is 4.27. The molecule has 0 spiro atoms. The van der Waals surface area contributed by atoms with Gasteiger partial charge in [-0.2, -0.15) is 0 Å². The van der Waals surface area contributed by atoms with E-state index in [1.54, 1.807) is 12.1 Å². The summed E-state index contributed by atoms with van der Waals surface area (Å²) in [5.41, 5.74) is 3.94. The van der Waals surface area contributed by atoms with Gasteiger partial charge < -0.3 is 10.6 Å². The lowest BCUT2D eigenvalue weighted by molar-refractivity contribution is -0.114. The lowest BCUT2D eigenvalue weighted by atomic mass is 10.1. The molecule has 0 fully saturated rings. The van der Waals surface area contributed by atoms with Gasteiger partial charge in [-0.15, -0.1) is 0 Å². The third kappa shape index (κ3) is 4.50. The van der Waals surface area contributed by atoms with Crippen molar-refractivity contribution in [2.45, 2.75) is 20.3 Å². The molecule has 3 nitrogen and oxygen atoms in total. The lowest BCUT2D eigenvalue weighted by Gasteiger charge is -2.10. The molecule has 21 heavy (non-hydrogen) atoms. The normalized spacial score (nSPS) is 10.2. The molecule has 0 heterocycles. The Morgan fingerprint density at radius 3 is 2.52 bits per heavy atom. The van der Waals surface area contributed by atoms with Crippen molar-refractivity contribution in [2.24, 2.45) is 0 Å². The SMILES string of the molecule is CCc1ccc(NCC(=O)Nc2cc(Cl)ccc2C)cc1. The molecule has 2 aromatic carbocycles. The van der Waals surface area contributed by atoms with Gasteiger partial charge in [0.2, 0.25) is 5.91 Å². The molecule has 2 aromatic rings. The van der Waals surface area contributed by atoms with Crippen LogP contribution in [-0.2, 0) is 11.2 Å². The molecule has 0 aromatic heterocycles. The van der Waals surface area contributed by atoms with Crippen LogP contribution in [0.25, 0.3) is 0 Å². The van der Waals surface area contributed by atoms with Gasteiger partial charge >= 0.3 is 0 Å². The van der Waals surface area contributed by atoms with Gasteiger partial charge in [-0.05, 0) is 48.7 Å². The van der Waals surface area contributed by atoms with Crippen LogP contribution in [0.2, 0.25) is 5.02 Å². The zero-order valence-corrected chi connectivity index (χ0v) is 13.0. The van der Waals surface area contributed by atoms with Crippen molar-refractivity contribution in [3.05, 3.63) is 58.6 Å². The van der Waals surface area contributed by atoms with Crippen LogP contribution in [0.3, 0.4) is 0 Å². The van der Waals surface area contributed by atoms with E-state index in [0.29, 0.717) is 5.02 Å². The van der Waals surface area contributed by atoms with Gasteiger partial charge in [0.15, 0.2) is 0 Å². The highest BCUT2D eigenvalue weighted by Gasteiger charge is 2.05. The van der Waals surface area contributed by atoms with E-state index in [1.165, 1.54) is 5.56 Å². The number of hydrogen-bond donors (Lipinski definition) is 2. The summed E-state index contributed by atoms with van der Waals surface area (Å²) in [6, 6.07) is 13.5. The first kappa shape index (κ1) is 15.4. The van der Waals surface area contributed by atoms with Gasteiger partial charge in [-0.1, -0.05) is 36.7 Å². The fraction of sp³-hybridized carbons (Fsp3) is 0.235. The summed E-state index contributed by atoms with van der Waals surface area (Å²) in [4.78, 5) is 12.0. The molecule has 4 heteroatoms. The molecule has 0 aliphatic rings. The number of aryl methyl sites for hydroxylation is 2. The number of amides is 1. The van der Waals surface area contributed by atoms with Gasteiger partial charge in [0.25, 0.3) is 0 Å². The van der Waals surface area contributed by atoms with Gasteiger partial charge in [0.05, 0.1) is 6.54 Å². The highest BCUT2D eigenvalue weighted by atomic mass is 35.5. The molecule has 0 unspecified atom stereocenters. The Bertz CT molecular complexity index is 623. The Kier molecular flexibility index (Phi) is 5.23. The molecule has 1 amide bonds. The van der Waals surface area contributed by atoms with E-state index in [4.69, 9.17) is 11.6 Å². The standard InChI is InChI=1S/C17H19ClN2O/c1-3-13-5-8-15(9-6-13)19-11-17(21)20-16-10-14(18)7-4-12(16)2/h4-10,19H,3,11H2,1-2H3,(H,20,21). The Morgan fingerprint density at radius 1 is 1.14 bits per heavy atom. The maximum absolute atomic E-state index is 12.0. The predicted molar refractivity (Wildman–Crippen MR) is 89.1 cm³/mol. The molecule has 0 bridgehead atoms. The number of rotatable bonds is 5. The zero-order valence-electron chi connectivity index (χ0n) is 12.2. The smallest absolute Gasteiger partial charge is 0.243 e. The fourth-order valence-electron chi connectivity index (χ4n) is 1.96. The molecule has 2 rings (SSSR count). The summed E-state index contributed by atoms with van der Waals surface area (Å²) in [6.07, 6.45) is 1.01. The summed E-state index contributed by atoms with van der Waals surface area (Å²) < 4.78 is 0. The zero-order chi connectivity index (χ0) is 15.2. The van der Waals surface area contributed by atoms with Crippen molar-refractivity contribution >= 4 is 28.9 Å². The van der Waals surface area contributed by atoms with Crippen molar-refractivity contribution in [1.82, 2.24) is 0 Å². The quantitative estimate of drug-likeness (QED) is 0.866. The van der Waals surface area contributed by atoms with Crippen LogP contribution in [0.5, 0.6) is 0 Å². The van der Waals surface area contributed by atoms with Gasteiger partial charge in [-0.25, -0.2) is 0 Å². The number of anilines is 2. The van der Waals surface area contributed by atoms with Crippen molar-refractivity contribution in [2.75, 3.05) is 17.2 Å². The highest BCUT2D eigenvalue weighted by Crippen LogP contribution is 2.20. The van der Waals surface area contributed by atoms with Crippen LogP contribution in [0.1, 0.15) is 18.1 Å². The average molecular weight is 303 g/mol. The molecule has 0 aliphatic heterocycles. The first-order chi connectivity index (χ1) is 10.1. The van der Waals surface area contributed by atoms with Crippen LogP contribution in [0, 0.1) is 6.92 Å². The Balaban J connectivity index is 1.91. The van der Waals surface area contributed by atoms with E-state index in [0.717, 1.165) is 23.4 Å². The second-order valence-corrected chi connectivity index (χ2v) is 5.35. The number of carbonyl (C=O) groups is 1. The third-order valence-corrected chi connectivity index (χ3v) is 3.52. The molecule has 0 atom stereocenters. The molecule has 110 valence electrons. The number of benzene rings is 2. The van der Waals surface area contributed by atoms with Crippen LogP contribution in [0.4, 0.5) is 11.4 Å². The van der Waals surface area contributed by atoms with Crippen molar-refractivity contribution in [3.8, 4) is 0 Å². The second-order valence-electron chi connectivity index (χ2n) is 4.91. The minimum absolute atomic E-state index is 0.0973. The fourth-order valence-corrected chi connectivity index (χ4v) is 2.14. The minimum atomic E-state index is -0.0973. The monoisotopic (exact) mass is 302 g/mol. The molecule has 0 radical (unpaired) electrons. The van der Waals surface area contributed by atoms with Crippen molar-refractivity contribution in [3.63, 3.8) is 0 Å². The first-order valence-corrected chi connectivity index (χ1v) is 7.35. The molecule has 2 N–H and O–H groups in total. The van der Waals surface area contributed by atoms with E-state index in [2.05, 4.69) is 29.7 Å². The average Bonchev–Trinajstić information content (AvgIpc) is 2.49. The topological polar surface area (TPSA) is 41.1 Å². The largest absolute Gasteiger partial charge is 0.376 e. The lowest BCUT2D eigenvalue weighted by Crippen LogP contribution is -2.22. The summed E-state index contributed by atoms with van der Waals surface area (Å²) in [7, 11) is 0.